The lowest BCUT2D eigenvalue weighted by atomic mass is 9.42. The van der Waals surface area contributed by atoms with E-state index in [4.69, 9.17) is 0 Å². The van der Waals surface area contributed by atoms with Gasteiger partial charge in [-0.15, -0.1) is 0 Å². The van der Waals surface area contributed by atoms with Gasteiger partial charge in [0, 0.05) is 5.69 Å². The Labute approximate surface area is 168 Å². The van der Waals surface area contributed by atoms with Crippen molar-refractivity contribution < 1.29 is 4.79 Å². The third kappa shape index (κ3) is 2.80. The van der Waals surface area contributed by atoms with E-state index >= 15 is 0 Å². The molecule has 2 aromatic carbocycles. The molecule has 4 bridgehead atoms. The molecular weight excluding hydrogens is 342 g/mol. The molecule has 2 heteroatoms. The van der Waals surface area contributed by atoms with Crippen molar-refractivity contribution in [2.24, 2.45) is 17.3 Å². The van der Waals surface area contributed by atoms with Crippen LogP contribution in [0.5, 0.6) is 0 Å². The van der Waals surface area contributed by atoms with Gasteiger partial charge in [0.15, 0.2) is 0 Å². The third-order valence-corrected chi connectivity index (χ3v) is 7.97. The van der Waals surface area contributed by atoms with Crippen LogP contribution in [0.1, 0.15) is 60.8 Å². The molecule has 0 heterocycles. The summed E-state index contributed by atoms with van der Waals surface area (Å²) in [6.07, 6.45) is 7.04. The summed E-state index contributed by atoms with van der Waals surface area (Å²) >= 11 is 0. The van der Waals surface area contributed by atoms with E-state index < -0.39 is 0 Å². The van der Waals surface area contributed by atoms with E-state index in [-0.39, 0.29) is 16.7 Å². The second-order valence-corrected chi connectivity index (χ2v) is 10.1. The number of hydrogen-bond acceptors (Lipinski definition) is 1. The van der Waals surface area contributed by atoms with Crippen LogP contribution in [-0.2, 0) is 10.2 Å². The molecule has 0 saturated heterocycles. The van der Waals surface area contributed by atoms with Crippen LogP contribution in [0.4, 0.5) is 5.69 Å². The first-order chi connectivity index (χ1) is 13.4. The Hall–Kier alpha value is -2.09. The van der Waals surface area contributed by atoms with Crippen LogP contribution in [0, 0.1) is 38.0 Å². The van der Waals surface area contributed by atoms with Crippen molar-refractivity contribution in [1.82, 2.24) is 0 Å². The Morgan fingerprint density at radius 1 is 0.893 bits per heavy atom. The van der Waals surface area contributed by atoms with Crippen molar-refractivity contribution in [3.05, 3.63) is 64.7 Å². The van der Waals surface area contributed by atoms with Crippen molar-refractivity contribution >= 4 is 11.6 Å². The molecule has 0 radical (unpaired) electrons. The highest BCUT2D eigenvalue weighted by Gasteiger charge is 2.60. The van der Waals surface area contributed by atoms with Crippen molar-refractivity contribution in [3.63, 3.8) is 0 Å². The van der Waals surface area contributed by atoms with Crippen molar-refractivity contribution in [3.8, 4) is 0 Å². The highest BCUT2D eigenvalue weighted by Crippen LogP contribution is 2.66. The molecule has 28 heavy (non-hydrogen) atoms. The van der Waals surface area contributed by atoms with Gasteiger partial charge in [-0.1, -0.05) is 35.9 Å². The molecule has 4 aliphatic carbocycles. The van der Waals surface area contributed by atoms with E-state index in [9.17, 15) is 4.79 Å². The van der Waals surface area contributed by atoms with E-state index in [0.29, 0.717) is 11.8 Å². The van der Waals surface area contributed by atoms with Crippen molar-refractivity contribution in [2.45, 2.75) is 64.7 Å². The summed E-state index contributed by atoms with van der Waals surface area (Å²) in [7, 11) is 0. The standard InChI is InChI=1S/C26H31NO/c1-17-4-7-22(8-5-17)25-12-20-11-21(13-25)15-26(14-20,16-25)24(28)27-23-9-6-18(2)19(3)10-23/h4-10,20-21H,11-16H2,1-3H3,(H,27,28)/t20-,21-,25?,26?/m1/s1. The van der Waals surface area contributed by atoms with Crippen molar-refractivity contribution in [1.29, 1.82) is 0 Å². The number of nitrogens with one attached hydrogen (secondary N) is 1. The Morgan fingerprint density at radius 3 is 2.21 bits per heavy atom. The molecule has 146 valence electrons. The van der Waals surface area contributed by atoms with Gasteiger partial charge in [-0.05, 0) is 105 Å². The van der Waals surface area contributed by atoms with Crippen LogP contribution in [0.3, 0.4) is 0 Å². The minimum absolute atomic E-state index is 0.187. The average molecular weight is 374 g/mol. The van der Waals surface area contributed by atoms with Gasteiger partial charge in [0.2, 0.25) is 5.91 Å². The Bertz CT molecular complexity index is 912. The number of aryl methyl sites for hydroxylation is 3. The van der Waals surface area contributed by atoms with E-state index in [2.05, 4.69) is 68.6 Å². The highest BCUT2D eigenvalue weighted by atomic mass is 16.2. The van der Waals surface area contributed by atoms with Gasteiger partial charge in [0.05, 0.1) is 5.41 Å². The van der Waals surface area contributed by atoms with Crippen LogP contribution >= 0.6 is 0 Å². The first-order valence-electron chi connectivity index (χ1n) is 10.8. The molecule has 2 atom stereocenters. The number of rotatable bonds is 3. The maximum absolute atomic E-state index is 13.6. The van der Waals surface area contributed by atoms with Crippen molar-refractivity contribution in [2.75, 3.05) is 5.32 Å². The van der Waals surface area contributed by atoms with Gasteiger partial charge in [0.25, 0.3) is 0 Å². The molecule has 0 spiro atoms. The Balaban J connectivity index is 1.46. The zero-order valence-corrected chi connectivity index (χ0v) is 17.3. The number of anilines is 1. The molecule has 6 rings (SSSR count). The van der Waals surface area contributed by atoms with E-state index in [1.807, 2.05) is 0 Å². The Morgan fingerprint density at radius 2 is 1.57 bits per heavy atom. The number of carbonyl (C=O) groups excluding carboxylic acids is 1. The summed E-state index contributed by atoms with van der Waals surface area (Å²) in [5.74, 6) is 1.67. The van der Waals surface area contributed by atoms with Crippen LogP contribution in [0.2, 0.25) is 0 Å². The van der Waals surface area contributed by atoms with Gasteiger partial charge >= 0.3 is 0 Å². The maximum Gasteiger partial charge on any atom is 0.230 e. The van der Waals surface area contributed by atoms with Gasteiger partial charge in [0.1, 0.15) is 0 Å². The second kappa shape index (κ2) is 6.20. The first kappa shape index (κ1) is 18.0. The fraction of sp³-hybridized carbons (Fsp3) is 0.500. The molecule has 0 aromatic heterocycles. The largest absolute Gasteiger partial charge is 0.326 e. The van der Waals surface area contributed by atoms with Gasteiger partial charge < -0.3 is 5.32 Å². The summed E-state index contributed by atoms with van der Waals surface area (Å²) in [4.78, 5) is 13.6. The first-order valence-corrected chi connectivity index (χ1v) is 10.8. The molecule has 1 N–H and O–H groups in total. The number of carbonyl (C=O) groups is 1. The lowest BCUT2D eigenvalue weighted by molar-refractivity contribution is -0.143. The highest BCUT2D eigenvalue weighted by molar-refractivity contribution is 5.96. The predicted octanol–water partition coefficient (Wildman–Crippen LogP) is 6.09. The number of benzene rings is 2. The lowest BCUT2D eigenvalue weighted by Gasteiger charge is -2.61. The number of amides is 1. The molecule has 1 amide bonds. The topological polar surface area (TPSA) is 29.1 Å². The van der Waals surface area contributed by atoms with Gasteiger partial charge in [-0.2, -0.15) is 0 Å². The molecule has 2 nitrogen and oxygen atoms in total. The molecule has 4 aliphatic rings. The number of hydrogen-bond donors (Lipinski definition) is 1. The predicted molar refractivity (Wildman–Crippen MR) is 115 cm³/mol. The molecule has 4 fully saturated rings. The summed E-state index contributed by atoms with van der Waals surface area (Å²) in [6.45, 7) is 6.38. The molecule has 0 aliphatic heterocycles. The van der Waals surface area contributed by atoms with Crippen LogP contribution in [0.25, 0.3) is 0 Å². The minimum Gasteiger partial charge on any atom is -0.326 e. The fourth-order valence-electron chi connectivity index (χ4n) is 6.86. The van der Waals surface area contributed by atoms with Crippen LogP contribution < -0.4 is 5.32 Å². The molecule has 4 saturated carbocycles. The fourth-order valence-corrected chi connectivity index (χ4v) is 6.86. The summed E-state index contributed by atoms with van der Waals surface area (Å²) in [6, 6.07) is 15.4. The molecule has 2 aromatic rings. The lowest BCUT2D eigenvalue weighted by Crippen LogP contribution is -2.57. The van der Waals surface area contributed by atoms with E-state index in [1.54, 1.807) is 0 Å². The third-order valence-electron chi connectivity index (χ3n) is 7.97. The van der Waals surface area contributed by atoms with Crippen LogP contribution in [-0.4, -0.2) is 5.91 Å². The normalized spacial score (nSPS) is 33.1. The minimum atomic E-state index is -0.187. The molecular formula is C26H31NO. The quantitative estimate of drug-likeness (QED) is 0.693. The van der Waals surface area contributed by atoms with Gasteiger partial charge in [-0.25, -0.2) is 0 Å². The SMILES string of the molecule is Cc1ccc(C23C[C@H]4C[C@@H](CC(C(=O)Nc5ccc(C)c(C)c5)(C4)C2)C3)cc1. The van der Waals surface area contributed by atoms with E-state index in [0.717, 1.165) is 24.9 Å². The smallest absolute Gasteiger partial charge is 0.230 e. The monoisotopic (exact) mass is 373 g/mol. The summed E-state index contributed by atoms with van der Waals surface area (Å²) < 4.78 is 0. The average Bonchev–Trinajstić information content (AvgIpc) is 2.64. The zero-order valence-electron chi connectivity index (χ0n) is 17.3. The van der Waals surface area contributed by atoms with Gasteiger partial charge in [-0.3, -0.25) is 4.79 Å². The zero-order chi connectivity index (χ0) is 19.5. The second-order valence-electron chi connectivity index (χ2n) is 10.1. The summed E-state index contributed by atoms with van der Waals surface area (Å²) in [5, 5.41) is 3.31. The maximum atomic E-state index is 13.6. The Kier molecular flexibility index (Phi) is 3.98. The van der Waals surface area contributed by atoms with Crippen LogP contribution in [0.15, 0.2) is 42.5 Å². The van der Waals surface area contributed by atoms with E-state index in [1.165, 1.54) is 41.5 Å². The summed E-state index contributed by atoms with van der Waals surface area (Å²) in [5.41, 5.74) is 6.26. The molecule has 0 unspecified atom stereocenters.